The first-order valence-electron chi connectivity index (χ1n) is 8.57. The molecule has 2 amide bonds. The average molecular weight is 410 g/mol. The highest BCUT2D eigenvalue weighted by Crippen LogP contribution is 2.25. The van der Waals surface area contributed by atoms with Crippen LogP contribution in [0.25, 0.3) is 0 Å². The Bertz CT molecular complexity index is 1100. The number of amides is 2. The average Bonchev–Trinajstić information content (AvgIpc) is 2.70. The van der Waals surface area contributed by atoms with Gasteiger partial charge in [0.15, 0.2) is 0 Å². The van der Waals surface area contributed by atoms with Gasteiger partial charge in [-0.3, -0.25) is 19.7 Å². The molecule has 0 spiro atoms. The van der Waals surface area contributed by atoms with E-state index in [1.807, 2.05) is 6.07 Å². The summed E-state index contributed by atoms with van der Waals surface area (Å²) < 4.78 is 0. The number of hydrogen-bond donors (Lipinski definition) is 2. The van der Waals surface area contributed by atoms with E-state index in [0.717, 1.165) is 11.6 Å². The maximum absolute atomic E-state index is 12.5. The molecule has 8 heteroatoms. The molecule has 0 unspecified atom stereocenters. The largest absolute Gasteiger partial charge is 0.322 e. The van der Waals surface area contributed by atoms with Crippen molar-refractivity contribution in [3.63, 3.8) is 0 Å². The normalized spacial score (nSPS) is 10.3. The molecule has 0 bridgehead atoms. The summed E-state index contributed by atoms with van der Waals surface area (Å²) in [5, 5.41) is 16.5. The van der Waals surface area contributed by atoms with Crippen molar-refractivity contribution in [2.75, 3.05) is 10.6 Å². The van der Waals surface area contributed by atoms with E-state index in [-0.39, 0.29) is 22.2 Å². The van der Waals surface area contributed by atoms with Gasteiger partial charge in [0, 0.05) is 29.1 Å². The molecule has 0 atom stereocenters. The molecule has 146 valence electrons. The zero-order valence-corrected chi connectivity index (χ0v) is 16.1. The molecule has 0 heterocycles. The molecule has 3 rings (SSSR count). The van der Waals surface area contributed by atoms with E-state index in [2.05, 4.69) is 10.6 Å². The van der Waals surface area contributed by atoms with Gasteiger partial charge < -0.3 is 10.6 Å². The van der Waals surface area contributed by atoms with E-state index in [1.54, 1.807) is 49.4 Å². The summed E-state index contributed by atoms with van der Waals surface area (Å²) in [6, 6.07) is 17.4. The molecule has 0 aliphatic rings. The molecule has 0 aliphatic heterocycles. The number of halogens is 1. The number of nitrogens with zero attached hydrogens (tertiary/aromatic N) is 1. The van der Waals surface area contributed by atoms with Gasteiger partial charge in [-0.25, -0.2) is 0 Å². The number of non-ortho nitro benzene ring substituents is 1. The van der Waals surface area contributed by atoms with Crippen molar-refractivity contribution in [1.82, 2.24) is 0 Å². The van der Waals surface area contributed by atoms with Crippen LogP contribution in [0.5, 0.6) is 0 Å². The van der Waals surface area contributed by atoms with Crippen LogP contribution >= 0.6 is 11.6 Å². The summed E-state index contributed by atoms with van der Waals surface area (Å²) in [5.41, 5.74) is 2.11. The second-order valence-electron chi connectivity index (χ2n) is 6.23. The molecule has 2 N–H and O–H groups in total. The smallest absolute Gasteiger partial charge is 0.270 e. The SMILES string of the molecule is Cc1cc(NC(=O)c2cc([N+](=O)[O-])ccc2Cl)ccc1NC(=O)c1ccccc1. The van der Waals surface area contributed by atoms with Crippen LogP contribution in [0.15, 0.2) is 66.7 Å². The van der Waals surface area contributed by atoms with Crippen molar-refractivity contribution in [2.24, 2.45) is 0 Å². The van der Waals surface area contributed by atoms with E-state index in [0.29, 0.717) is 16.9 Å². The number of anilines is 2. The number of carbonyl (C=O) groups excluding carboxylic acids is 2. The van der Waals surface area contributed by atoms with E-state index in [1.165, 1.54) is 12.1 Å². The van der Waals surface area contributed by atoms with Crippen LogP contribution in [0, 0.1) is 17.0 Å². The molecule has 0 saturated heterocycles. The van der Waals surface area contributed by atoms with Crippen molar-refractivity contribution < 1.29 is 14.5 Å². The summed E-state index contributed by atoms with van der Waals surface area (Å²) in [4.78, 5) is 35.1. The first kappa shape index (κ1) is 20.0. The minimum Gasteiger partial charge on any atom is -0.322 e. The Hall–Kier alpha value is -3.71. The second kappa shape index (κ2) is 8.53. The summed E-state index contributed by atoms with van der Waals surface area (Å²) in [7, 11) is 0. The number of hydrogen-bond acceptors (Lipinski definition) is 4. The van der Waals surface area contributed by atoms with Crippen LogP contribution in [-0.4, -0.2) is 16.7 Å². The molecule has 0 fully saturated rings. The van der Waals surface area contributed by atoms with Crippen molar-refractivity contribution in [3.8, 4) is 0 Å². The second-order valence-corrected chi connectivity index (χ2v) is 6.63. The maximum Gasteiger partial charge on any atom is 0.270 e. The predicted octanol–water partition coefficient (Wildman–Crippen LogP) is 5.06. The van der Waals surface area contributed by atoms with Crippen LogP contribution in [-0.2, 0) is 0 Å². The Morgan fingerprint density at radius 3 is 2.31 bits per heavy atom. The highest BCUT2D eigenvalue weighted by Gasteiger charge is 2.16. The third-order valence-corrected chi connectivity index (χ3v) is 4.50. The fourth-order valence-electron chi connectivity index (χ4n) is 2.66. The molecule has 3 aromatic carbocycles. The number of nitro groups is 1. The Labute approximate surface area is 171 Å². The number of rotatable bonds is 5. The summed E-state index contributed by atoms with van der Waals surface area (Å²) in [6.07, 6.45) is 0. The van der Waals surface area contributed by atoms with Gasteiger partial charge in [0.05, 0.1) is 15.5 Å². The topological polar surface area (TPSA) is 101 Å². The lowest BCUT2D eigenvalue weighted by molar-refractivity contribution is -0.384. The highest BCUT2D eigenvalue weighted by molar-refractivity contribution is 6.34. The van der Waals surface area contributed by atoms with E-state index in [9.17, 15) is 19.7 Å². The minimum absolute atomic E-state index is 0.0000216. The molecule has 0 aromatic heterocycles. The van der Waals surface area contributed by atoms with Crippen LogP contribution in [0.1, 0.15) is 26.3 Å². The van der Waals surface area contributed by atoms with Gasteiger partial charge in [0.1, 0.15) is 0 Å². The standard InChI is InChI=1S/C21H16ClN3O4/c1-13-11-15(7-10-19(13)24-20(26)14-5-3-2-4-6-14)23-21(27)17-12-16(25(28)29)8-9-18(17)22/h2-12H,1H3,(H,23,27)(H,24,26). The Morgan fingerprint density at radius 1 is 0.931 bits per heavy atom. The first-order chi connectivity index (χ1) is 13.8. The van der Waals surface area contributed by atoms with E-state index >= 15 is 0 Å². The number of benzene rings is 3. The third kappa shape index (κ3) is 4.77. The maximum atomic E-state index is 12.5. The molecule has 0 radical (unpaired) electrons. The zero-order valence-electron chi connectivity index (χ0n) is 15.3. The lowest BCUT2D eigenvalue weighted by Gasteiger charge is -2.12. The Balaban J connectivity index is 1.75. The van der Waals surface area contributed by atoms with Gasteiger partial charge in [-0.1, -0.05) is 29.8 Å². The van der Waals surface area contributed by atoms with Crippen molar-refractivity contribution >= 4 is 40.5 Å². The van der Waals surface area contributed by atoms with Crippen molar-refractivity contribution in [3.05, 3.63) is 98.6 Å². The first-order valence-corrected chi connectivity index (χ1v) is 8.95. The molecule has 3 aromatic rings. The number of nitro benzene ring substituents is 1. The van der Waals surface area contributed by atoms with Crippen LogP contribution in [0.2, 0.25) is 5.02 Å². The van der Waals surface area contributed by atoms with Gasteiger partial charge in [-0.15, -0.1) is 0 Å². The number of nitrogens with one attached hydrogen (secondary N) is 2. The highest BCUT2D eigenvalue weighted by atomic mass is 35.5. The van der Waals surface area contributed by atoms with Gasteiger partial charge in [-0.2, -0.15) is 0 Å². The van der Waals surface area contributed by atoms with Gasteiger partial charge >= 0.3 is 0 Å². The van der Waals surface area contributed by atoms with Crippen molar-refractivity contribution in [2.45, 2.75) is 6.92 Å². The van der Waals surface area contributed by atoms with Crippen LogP contribution < -0.4 is 10.6 Å². The summed E-state index contributed by atoms with van der Waals surface area (Å²) in [6.45, 7) is 1.79. The van der Waals surface area contributed by atoms with Gasteiger partial charge in [0.25, 0.3) is 17.5 Å². The molecular weight excluding hydrogens is 394 g/mol. The lowest BCUT2D eigenvalue weighted by atomic mass is 10.1. The minimum atomic E-state index is -0.596. The molecule has 7 nitrogen and oxygen atoms in total. The Morgan fingerprint density at radius 2 is 1.66 bits per heavy atom. The quantitative estimate of drug-likeness (QED) is 0.454. The zero-order chi connectivity index (χ0) is 21.0. The summed E-state index contributed by atoms with van der Waals surface area (Å²) in [5.74, 6) is -0.812. The fraction of sp³-hybridized carbons (Fsp3) is 0.0476. The van der Waals surface area contributed by atoms with Gasteiger partial charge in [-0.05, 0) is 48.9 Å². The Kier molecular flexibility index (Phi) is 5.90. The van der Waals surface area contributed by atoms with Crippen LogP contribution in [0.4, 0.5) is 17.1 Å². The molecule has 0 saturated carbocycles. The third-order valence-electron chi connectivity index (χ3n) is 4.17. The van der Waals surface area contributed by atoms with Gasteiger partial charge in [0.2, 0.25) is 0 Å². The predicted molar refractivity (Wildman–Crippen MR) is 112 cm³/mol. The van der Waals surface area contributed by atoms with Crippen LogP contribution in [0.3, 0.4) is 0 Å². The number of carbonyl (C=O) groups is 2. The fourth-order valence-corrected chi connectivity index (χ4v) is 2.87. The monoisotopic (exact) mass is 409 g/mol. The molecule has 29 heavy (non-hydrogen) atoms. The van der Waals surface area contributed by atoms with Crippen molar-refractivity contribution in [1.29, 1.82) is 0 Å². The van der Waals surface area contributed by atoms with E-state index < -0.39 is 10.8 Å². The van der Waals surface area contributed by atoms with E-state index in [4.69, 9.17) is 11.6 Å². The lowest BCUT2D eigenvalue weighted by Crippen LogP contribution is -2.14. The summed E-state index contributed by atoms with van der Waals surface area (Å²) >= 11 is 6.00. The number of aryl methyl sites for hydroxylation is 1. The molecule has 0 aliphatic carbocycles. The molecular formula is C21H16ClN3O4.